The van der Waals surface area contributed by atoms with Crippen LogP contribution in [0.3, 0.4) is 0 Å². The number of hydrogen-bond acceptors (Lipinski definition) is 4. The average molecular weight is 672 g/mol. The number of halogens is 1. The molecule has 2 amide bonds. The zero-order chi connectivity index (χ0) is 33.4. The first-order valence-electron chi connectivity index (χ1n) is 16.1. The summed E-state index contributed by atoms with van der Waals surface area (Å²) in [4.78, 5) is 30.5. The Morgan fingerprint density at radius 3 is 2.15 bits per heavy atom. The number of aryl methyl sites for hydroxylation is 2. The molecule has 1 saturated carbocycles. The molecule has 0 heterocycles. The predicted molar refractivity (Wildman–Crippen MR) is 188 cm³/mol. The molecule has 1 atom stereocenters. The molecule has 1 aliphatic carbocycles. The van der Waals surface area contributed by atoms with Crippen molar-refractivity contribution in [2.45, 2.75) is 75.9 Å². The fourth-order valence-corrected chi connectivity index (χ4v) is 7.57. The Bertz CT molecular complexity index is 1760. The molecule has 4 aromatic rings. The van der Waals surface area contributed by atoms with Gasteiger partial charge in [0.25, 0.3) is 10.0 Å². The van der Waals surface area contributed by atoms with Crippen LogP contribution >= 0.6 is 11.6 Å². The van der Waals surface area contributed by atoms with Crippen molar-refractivity contribution in [3.05, 3.63) is 130 Å². The van der Waals surface area contributed by atoms with Crippen molar-refractivity contribution in [3.63, 3.8) is 0 Å². The van der Waals surface area contributed by atoms with E-state index in [0.29, 0.717) is 10.7 Å². The van der Waals surface area contributed by atoms with E-state index in [-0.39, 0.29) is 29.8 Å². The highest BCUT2D eigenvalue weighted by Crippen LogP contribution is 2.27. The second-order valence-corrected chi connectivity index (χ2v) is 14.7. The number of sulfonamides is 1. The summed E-state index contributed by atoms with van der Waals surface area (Å²) in [5, 5.41) is 3.79. The average Bonchev–Trinajstić information content (AvgIpc) is 3.07. The Kier molecular flexibility index (Phi) is 11.4. The van der Waals surface area contributed by atoms with Gasteiger partial charge in [-0.1, -0.05) is 103 Å². The molecular formula is C38H42ClN3O4S. The Morgan fingerprint density at radius 2 is 1.49 bits per heavy atom. The molecule has 0 saturated heterocycles. The summed E-state index contributed by atoms with van der Waals surface area (Å²) >= 11 is 6.19. The van der Waals surface area contributed by atoms with Crippen LogP contribution in [0.25, 0.3) is 0 Å². The number of carbonyl (C=O) groups excluding carboxylic acids is 2. The van der Waals surface area contributed by atoms with E-state index in [1.807, 2.05) is 62.4 Å². The smallest absolute Gasteiger partial charge is 0.264 e. The lowest BCUT2D eigenvalue weighted by molar-refractivity contribution is -0.140. The summed E-state index contributed by atoms with van der Waals surface area (Å²) in [5.41, 5.74) is 3.81. The summed E-state index contributed by atoms with van der Waals surface area (Å²) in [6, 6.07) is 29.6. The number of nitrogens with one attached hydrogen (secondary N) is 1. The van der Waals surface area contributed by atoms with Gasteiger partial charge in [0.1, 0.15) is 12.6 Å². The fourth-order valence-electron chi connectivity index (χ4n) is 6.03. The van der Waals surface area contributed by atoms with Crippen molar-refractivity contribution in [1.82, 2.24) is 10.2 Å². The standard InChI is InChI=1S/C38H42ClN3O4S/c1-28-16-22-35(23-17-28)47(45,46)42(34-15-9-10-29(2)24-34)27-37(43)41(26-31-18-20-32(39)21-19-31)36(25-30-11-5-3-6-12-30)38(44)40-33-13-7-4-8-14-33/h3,5-6,9-12,15-24,33,36H,4,7-8,13-14,25-27H2,1-2H3,(H,40,44)/t36-/m1/s1. The lowest BCUT2D eigenvalue weighted by atomic mass is 9.94. The van der Waals surface area contributed by atoms with Gasteiger partial charge >= 0.3 is 0 Å². The summed E-state index contributed by atoms with van der Waals surface area (Å²) in [6.07, 6.45) is 5.29. The van der Waals surface area contributed by atoms with Crippen LogP contribution < -0.4 is 9.62 Å². The van der Waals surface area contributed by atoms with Gasteiger partial charge in [-0.3, -0.25) is 13.9 Å². The van der Waals surface area contributed by atoms with Crippen LogP contribution in [0.1, 0.15) is 54.4 Å². The van der Waals surface area contributed by atoms with Crippen LogP contribution in [0.5, 0.6) is 0 Å². The minimum Gasteiger partial charge on any atom is -0.352 e. The number of amides is 2. The van der Waals surface area contributed by atoms with Gasteiger partial charge in [0.15, 0.2) is 0 Å². The van der Waals surface area contributed by atoms with Crippen LogP contribution in [0, 0.1) is 13.8 Å². The number of benzene rings is 4. The quantitative estimate of drug-likeness (QED) is 0.172. The van der Waals surface area contributed by atoms with E-state index in [9.17, 15) is 18.0 Å². The molecular weight excluding hydrogens is 630 g/mol. The van der Waals surface area contributed by atoms with Gasteiger partial charge in [-0.15, -0.1) is 0 Å². The molecule has 1 aliphatic rings. The number of hydrogen-bond donors (Lipinski definition) is 1. The minimum absolute atomic E-state index is 0.0349. The highest BCUT2D eigenvalue weighted by Gasteiger charge is 2.35. The number of nitrogens with zero attached hydrogens (tertiary/aromatic N) is 2. The lowest BCUT2D eigenvalue weighted by Gasteiger charge is -2.35. The molecule has 7 nitrogen and oxygen atoms in total. The number of anilines is 1. The van der Waals surface area contributed by atoms with Gasteiger partial charge in [0, 0.05) is 24.0 Å². The van der Waals surface area contributed by atoms with Crippen LogP contribution in [0.2, 0.25) is 5.02 Å². The Morgan fingerprint density at radius 1 is 0.809 bits per heavy atom. The van der Waals surface area contributed by atoms with E-state index < -0.39 is 28.5 Å². The lowest BCUT2D eigenvalue weighted by Crippen LogP contribution is -2.55. The molecule has 1 fully saturated rings. The molecule has 0 radical (unpaired) electrons. The summed E-state index contributed by atoms with van der Waals surface area (Å²) in [5.74, 6) is -0.733. The van der Waals surface area contributed by atoms with Gasteiger partial charge in [-0.2, -0.15) is 0 Å². The van der Waals surface area contributed by atoms with Crippen LogP contribution in [-0.4, -0.2) is 43.8 Å². The SMILES string of the molecule is Cc1ccc(S(=O)(=O)N(CC(=O)N(Cc2ccc(Cl)cc2)[C@H](Cc2ccccc2)C(=O)NC2CCCCC2)c2cccc(C)c2)cc1. The molecule has 0 aromatic heterocycles. The largest absolute Gasteiger partial charge is 0.352 e. The summed E-state index contributed by atoms with van der Waals surface area (Å²) < 4.78 is 29.6. The van der Waals surface area contributed by atoms with Crippen LogP contribution in [0.4, 0.5) is 5.69 Å². The molecule has 9 heteroatoms. The third-order valence-electron chi connectivity index (χ3n) is 8.67. The van der Waals surface area contributed by atoms with Gasteiger partial charge in [0.2, 0.25) is 11.8 Å². The van der Waals surface area contributed by atoms with E-state index in [2.05, 4.69) is 5.32 Å². The zero-order valence-corrected chi connectivity index (χ0v) is 28.5. The van der Waals surface area contributed by atoms with E-state index in [0.717, 1.165) is 58.7 Å². The first-order chi connectivity index (χ1) is 22.6. The third kappa shape index (κ3) is 9.02. The maximum absolute atomic E-state index is 14.7. The second kappa shape index (κ2) is 15.6. The molecule has 0 spiro atoms. The van der Waals surface area contributed by atoms with Gasteiger partial charge in [-0.05, 0) is 79.8 Å². The Balaban J connectivity index is 1.56. The monoisotopic (exact) mass is 671 g/mol. The van der Waals surface area contributed by atoms with E-state index >= 15 is 0 Å². The molecule has 0 bridgehead atoms. The van der Waals surface area contributed by atoms with Crippen molar-refractivity contribution >= 4 is 39.1 Å². The Labute approximate surface area is 283 Å². The maximum atomic E-state index is 14.7. The summed E-state index contributed by atoms with van der Waals surface area (Å²) in [7, 11) is -4.15. The molecule has 47 heavy (non-hydrogen) atoms. The van der Waals surface area contributed by atoms with Crippen molar-refractivity contribution < 1.29 is 18.0 Å². The topological polar surface area (TPSA) is 86.8 Å². The first kappa shape index (κ1) is 34.2. The number of rotatable bonds is 12. The van der Waals surface area contributed by atoms with Crippen molar-refractivity contribution in [3.8, 4) is 0 Å². The van der Waals surface area contributed by atoms with E-state index in [1.54, 1.807) is 54.6 Å². The Hall–Kier alpha value is -4.14. The second-order valence-electron chi connectivity index (χ2n) is 12.4. The first-order valence-corrected chi connectivity index (χ1v) is 18.0. The van der Waals surface area contributed by atoms with E-state index in [4.69, 9.17) is 11.6 Å². The van der Waals surface area contributed by atoms with Crippen LogP contribution in [-0.2, 0) is 32.6 Å². The predicted octanol–water partition coefficient (Wildman–Crippen LogP) is 7.24. The fraction of sp³-hybridized carbons (Fsp3) is 0.316. The third-order valence-corrected chi connectivity index (χ3v) is 10.7. The molecule has 4 aromatic carbocycles. The van der Waals surface area contributed by atoms with Gasteiger partial charge in [0.05, 0.1) is 10.6 Å². The summed E-state index contributed by atoms with van der Waals surface area (Å²) in [6.45, 7) is 3.37. The van der Waals surface area contributed by atoms with Gasteiger partial charge in [-0.25, -0.2) is 8.42 Å². The highest BCUT2D eigenvalue weighted by atomic mass is 35.5. The molecule has 0 unspecified atom stereocenters. The van der Waals surface area contributed by atoms with Crippen molar-refractivity contribution in [2.24, 2.45) is 0 Å². The van der Waals surface area contributed by atoms with Crippen molar-refractivity contribution in [1.29, 1.82) is 0 Å². The van der Waals surface area contributed by atoms with Crippen LogP contribution in [0.15, 0.2) is 108 Å². The highest BCUT2D eigenvalue weighted by molar-refractivity contribution is 7.92. The number of carbonyl (C=O) groups is 2. The zero-order valence-electron chi connectivity index (χ0n) is 26.9. The minimum atomic E-state index is -4.15. The van der Waals surface area contributed by atoms with Crippen molar-refractivity contribution in [2.75, 3.05) is 10.8 Å². The molecule has 246 valence electrons. The maximum Gasteiger partial charge on any atom is 0.264 e. The van der Waals surface area contributed by atoms with Gasteiger partial charge < -0.3 is 10.2 Å². The molecule has 5 rings (SSSR count). The normalized spacial score (nSPS) is 14.3. The molecule has 1 N–H and O–H groups in total. The van der Waals surface area contributed by atoms with E-state index in [1.165, 1.54) is 4.90 Å². The molecule has 0 aliphatic heterocycles.